The maximum atomic E-state index is 11.9. The number of para-hydroxylation sites is 1. The molecule has 126 valence electrons. The molecule has 0 unspecified atom stereocenters. The lowest BCUT2D eigenvalue weighted by molar-refractivity contribution is -0.121. The molecule has 0 radical (unpaired) electrons. The van der Waals surface area contributed by atoms with Gasteiger partial charge < -0.3 is 14.8 Å². The molecule has 2 heterocycles. The molecule has 1 saturated heterocycles. The molecule has 1 aromatic carbocycles. The van der Waals surface area contributed by atoms with Gasteiger partial charge in [-0.2, -0.15) is 0 Å². The Morgan fingerprint density at radius 2 is 2.12 bits per heavy atom. The summed E-state index contributed by atoms with van der Waals surface area (Å²) < 4.78 is 11.2. The van der Waals surface area contributed by atoms with Crippen molar-refractivity contribution in [3.05, 3.63) is 54.2 Å². The molecular weight excluding hydrogens is 304 g/mol. The lowest BCUT2D eigenvalue weighted by Gasteiger charge is -2.09. The first-order chi connectivity index (χ1) is 11.8. The molecule has 24 heavy (non-hydrogen) atoms. The Kier molecular flexibility index (Phi) is 5.80. The molecule has 0 spiro atoms. The highest BCUT2D eigenvalue weighted by atomic mass is 16.5. The summed E-state index contributed by atoms with van der Waals surface area (Å²) in [6.07, 6.45) is 5.46. The Labute approximate surface area is 142 Å². The fraction of sp³-hybridized carbons (Fsp3) is 0.368. The average molecular weight is 326 g/mol. The Balaban J connectivity index is 1.41. The Morgan fingerprint density at radius 3 is 2.83 bits per heavy atom. The molecule has 5 nitrogen and oxygen atoms in total. The number of benzene rings is 1. The second kappa shape index (κ2) is 8.45. The van der Waals surface area contributed by atoms with E-state index >= 15 is 0 Å². The lowest BCUT2D eigenvalue weighted by Crippen LogP contribution is -2.23. The molecule has 1 atom stereocenters. The minimum absolute atomic E-state index is 0.0510. The van der Waals surface area contributed by atoms with Crippen LogP contribution < -0.4 is 10.1 Å². The van der Waals surface area contributed by atoms with E-state index in [2.05, 4.69) is 10.3 Å². The fourth-order valence-electron chi connectivity index (χ4n) is 2.64. The number of pyridine rings is 1. The average Bonchev–Trinajstić information content (AvgIpc) is 3.14. The summed E-state index contributed by atoms with van der Waals surface area (Å²) in [4.78, 5) is 16.1. The first kappa shape index (κ1) is 16.5. The van der Waals surface area contributed by atoms with E-state index in [9.17, 15) is 4.79 Å². The van der Waals surface area contributed by atoms with E-state index < -0.39 is 0 Å². The van der Waals surface area contributed by atoms with Crippen LogP contribution in [0.25, 0.3) is 0 Å². The van der Waals surface area contributed by atoms with Crippen LogP contribution in [0.4, 0.5) is 0 Å². The predicted molar refractivity (Wildman–Crippen MR) is 90.8 cm³/mol. The van der Waals surface area contributed by atoms with E-state index in [4.69, 9.17) is 9.47 Å². The van der Waals surface area contributed by atoms with Gasteiger partial charge in [-0.1, -0.05) is 24.3 Å². The normalized spacial score (nSPS) is 16.8. The number of ether oxygens (including phenoxy) is 2. The third kappa shape index (κ3) is 5.06. The third-order valence-electron chi connectivity index (χ3n) is 3.97. The van der Waals surface area contributed by atoms with Crippen LogP contribution in [0.5, 0.6) is 11.6 Å². The summed E-state index contributed by atoms with van der Waals surface area (Å²) in [6.45, 7) is 1.30. The number of nitrogens with one attached hydrogen (secondary N) is 1. The highest BCUT2D eigenvalue weighted by molar-refractivity contribution is 5.75. The standard InChI is InChI=1S/C19H22N2O3/c22-18(10-9-16-7-4-12-23-16)20-13-15-8-11-19(21-14-15)24-17-5-2-1-3-6-17/h1-3,5-6,8,11,14,16H,4,7,9-10,12-13H2,(H,20,22)/t16-/m1/s1. The zero-order valence-corrected chi connectivity index (χ0v) is 13.6. The van der Waals surface area contributed by atoms with Gasteiger partial charge >= 0.3 is 0 Å². The predicted octanol–water partition coefficient (Wildman–Crippen LogP) is 3.45. The first-order valence-electron chi connectivity index (χ1n) is 8.36. The summed E-state index contributed by atoms with van der Waals surface area (Å²) in [5.74, 6) is 1.34. The zero-order chi connectivity index (χ0) is 16.6. The second-order valence-electron chi connectivity index (χ2n) is 5.87. The molecule has 5 heteroatoms. The second-order valence-corrected chi connectivity index (χ2v) is 5.87. The van der Waals surface area contributed by atoms with Gasteiger partial charge in [0.2, 0.25) is 11.8 Å². The summed E-state index contributed by atoms with van der Waals surface area (Å²) >= 11 is 0. The Hall–Kier alpha value is -2.40. The summed E-state index contributed by atoms with van der Waals surface area (Å²) in [5.41, 5.74) is 0.945. The van der Waals surface area contributed by atoms with E-state index in [0.29, 0.717) is 18.8 Å². The highest BCUT2D eigenvalue weighted by Crippen LogP contribution is 2.19. The first-order valence-corrected chi connectivity index (χ1v) is 8.36. The number of carbonyl (C=O) groups is 1. The third-order valence-corrected chi connectivity index (χ3v) is 3.97. The van der Waals surface area contributed by atoms with E-state index in [1.54, 1.807) is 12.3 Å². The zero-order valence-electron chi connectivity index (χ0n) is 13.6. The molecule has 1 aromatic heterocycles. The van der Waals surface area contributed by atoms with Crippen molar-refractivity contribution < 1.29 is 14.3 Å². The van der Waals surface area contributed by atoms with E-state index in [1.807, 2.05) is 36.4 Å². The number of carbonyl (C=O) groups excluding carboxylic acids is 1. The van der Waals surface area contributed by atoms with Gasteiger partial charge in [-0.3, -0.25) is 4.79 Å². The molecule has 1 N–H and O–H groups in total. The van der Waals surface area contributed by atoms with E-state index in [1.165, 1.54) is 0 Å². The van der Waals surface area contributed by atoms with Crippen molar-refractivity contribution in [3.63, 3.8) is 0 Å². The minimum Gasteiger partial charge on any atom is -0.439 e. The van der Waals surface area contributed by atoms with Gasteiger partial charge in [0.05, 0.1) is 6.10 Å². The molecule has 0 saturated carbocycles. The molecule has 0 bridgehead atoms. The van der Waals surface area contributed by atoms with Gasteiger partial charge in [0.25, 0.3) is 0 Å². The van der Waals surface area contributed by atoms with Crippen LogP contribution >= 0.6 is 0 Å². The van der Waals surface area contributed by atoms with Crippen LogP contribution in [0, 0.1) is 0 Å². The lowest BCUT2D eigenvalue weighted by atomic mass is 10.1. The minimum atomic E-state index is 0.0510. The highest BCUT2D eigenvalue weighted by Gasteiger charge is 2.16. The van der Waals surface area contributed by atoms with Gasteiger partial charge in [0.15, 0.2) is 0 Å². The van der Waals surface area contributed by atoms with E-state index in [-0.39, 0.29) is 12.0 Å². The van der Waals surface area contributed by atoms with Crippen molar-refractivity contribution in [2.24, 2.45) is 0 Å². The van der Waals surface area contributed by atoms with Crippen molar-refractivity contribution in [2.75, 3.05) is 6.61 Å². The van der Waals surface area contributed by atoms with Gasteiger partial charge in [0, 0.05) is 31.8 Å². The van der Waals surface area contributed by atoms with Crippen molar-refractivity contribution in [2.45, 2.75) is 38.3 Å². The number of hydrogen-bond donors (Lipinski definition) is 1. The van der Waals surface area contributed by atoms with Crippen molar-refractivity contribution >= 4 is 5.91 Å². The van der Waals surface area contributed by atoms with Crippen LogP contribution in [0.3, 0.4) is 0 Å². The fourth-order valence-corrected chi connectivity index (χ4v) is 2.64. The van der Waals surface area contributed by atoms with Crippen LogP contribution in [0.1, 0.15) is 31.2 Å². The van der Waals surface area contributed by atoms with Gasteiger partial charge in [-0.05, 0) is 37.0 Å². The molecular formula is C19H22N2O3. The van der Waals surface area contributed by atoms with Crippen LogP contribution in [0.2, 0.25) is 0 Å². The maximum absolute atomic E-state index is 11.9. The number of aromatic nitrogens is 1. The number of nitrogens with zero attached hydrogens (tertiary/aromatic N) is 1. The monoisotopic (exact) mass is 326 g/mol. The molecule has 3 rings (SSSR count). The molecule has 1 aliphatic rings. The van der Waals surface area contributed by atoms with Crippen LogP contribution in [-0.4, -0.2) is 23.6 Å². The smallest absolute Gasteiger partial charge is 0.220 e. The number of hydrogen-bond acceptors (Lipinski definition) is 4. The molecule has 2 aromatic rings. The van der Waals surface area contributed by atoms with Crippen LogP contribution in [0.15, 0.2) is 48.7 Å². The topological polar surface area (TPSA) is 60.5 Å². The summed E-state index contributed by atoms with van der Waals surface area (Å²) in [5, 5.41) is 2.92. The molecule has 1 aliphatic heterocycles. The largest absolute Gasteiger partial charge is 0.439 e. The van der Waals surface area contributed by atoms with Crippen molar-refractivity contribution in [1.82, 2.24) is 10.3 Å². The van der Waals surface area contributed by atoms with Gasteiger partial charge in [-0.15, -0.1) is 0 Å². The SMILES string of the molecule is O=C(CC[C@H]1CCCO1)NCc1ccc(Oc2ccccc2)nc1. The number of rotatable bonds is 7. The number of amides is 1. The maximum Gasteiger partial charge on any atom is 0.220 e. The van der Waals surface area contributed by atoms with E-state index in [0.717, 1.165) is 37.2 Å². The van der Waals surface area contributed by atoms with Gasteiger partial charge in [0.1, 0.15) is 5.75 Å². The van der Waals surface area contributed by atoms with Crippen LogP contribution in [-0.2, 0) is 16.1 Å². The Morgan fingerprint density at radius 1 is 1.25 bits per heavy atom. The van der Waals surface area contributed by atoms with Gasteiger partial charge in [-0.25, -0.2) is 4.98 Å². The van der Waals surface area contributed by atoms with Crippen molar-refractivity contribution in [3.8, 4) is 11.6 Å². The molecule has 0 aliphatic carbocycles. The quantitative estimate of drug-likeness (QED) is 0.846. The summed E-state index contributed by atoms with van der Waals surface area (Å²) in [6, 6.07) is 13.2. The molecule has 1 amide bonds. The van der Waals surface area contributed by atoms with Crippen molar-refractivity contribution in [1.29, 1.82) is 0 Å². The summed E-state index contributed by atoms with van der Waals surface area (Å²) in [7, 11) is 0. The molecule has 1 fully saturated rings. The Bertz CT molecular complexity index is 637.